The Morgan fingerprint density at radius 2 is 2.09 bits per heavy atom. The van der Waals surface area contributed by atoms with Crippen LogP contribution in [-0.2, 0) is 23.9 Å². The van der Waals surface area contributed by atoms with Gasteiger partial charge in [-0.15, -0.1) is 10.2 Å². The molecule has 0 aliphatic carbocycles. The molecule has 0 saturated carbocycles. The van der Waals surface area contributed by atoms with Crippen molar-refractivity contribution in [2.24, 2.45) is 15.9 Å². The maximum atomic E-state index is 14.0. The van der Waals surface area contributed by atoms with Crippen LogP contribution < -0.4 is 16.5 Å². The summed E-state index contributed by atoms with van der Waals surface area (Å²) in [6, 6.07) is 1.67. The lowest BCUT2D eigenvalue weighted by Crippen LogP contribution is -2.29. The number of halogens is 4. The molecule has 4 N–H and O–H groups in total. The molecule has 178 valence electrons. The molecule has 2 amide bonds. The average Bonchev–Trinajstić information content (AvgIpc) is 3.27. The normalized spacial score (nSPS) is 13.2. The van der Waals surface area contributed by atoms with E-state index >= 15 is 0 Å². The molecule has 33 heavy (non-hydrogen) atoms. The van der Waals surface area contributed by atoms with Crippen LogP contribution in [0.15, 0.2) is 28.4 Å². The molecule has 10 nitrogen and oxygen atoms in total. The number of pyridine rings is 1. The number of carbonyl (C=O) groups is 2. The number of nitrogens with two attached hydrogens (primary N) is 1. The molecule has 0 aliphatic rings. The van der Waals surface area contributed by atoms with Gasteiger partial charge in [0.1, 0.15) is 11.2 Å². The van der Waals surface area contributed by atoms with Crippen molar-refractivity contribution in [2.75, 3.05) is 13.6 Å². The van der Waals surface area contributed by atoms with E-state index in [0.29, 0.717) is 5.01 Å². The maximum Gasteiger partial charge on any atom is 0.416 e. The molecular weight excluding hydrogens is 468 g/mol. The number of rotatable bonds is 10. The third-order valence-electron chi connectivity index (χ3n) is 4.02. The largest absolute Gasteiger partial charge is 0.416 e. The number of amides is 2. The Bertz CT molecular complexity index is 1020. The van der Waals surface area contributed by atoms with Crippen molar-refractivity contribution in [3.8, 4) is 0 Å². The van der Waals surface area contributed by atoms with Crippen molar-refractivity contribution in [3.63, 3.8) is 0 Å². The van der Waals surface area contributed by atoms with Crippen LogP contribution in [0.5, 0.6) is 0 Å². The van der Waals surface area contributed by atoms with Crippen LogP contribution >= 0.6 is 11.3 Å². The van der Waals surface area contributed by atoms with Crippen LogP contribution in [0.2, 0.25) is 0 Å². The van der Waals surface area contributed by atoms with E-state index in [4.69, 9.17) is 5.84 Å². The van der Waals surface area contributed by atoms with Gasteiger partial charge in [-0.1, -0.05) is 11.3 Å². The van der Waals surface area contributed by atoms with Crippen LogP contribution in [0.25, 0.3) is 0 Å². The number of hydrogen-bond donors (Lipinski definition) is 3. The predicted molar refractivity (Wildman–Crippen MR) is 113 cm³/mol. The summed E-state index contributed by atoms with van der Waals surface area (Å²) in [5, 5.41) is 15.9. The first kappa shape index (κ1) is 25.8. The second-order valence-electron chi connectivity index (χ2n) is 6.44. The van der Waals surface area contributed by atoms with Gasteiger partial charge in [0.25, 0.3) is 11.8 Å². The summed E-state index contributed by atoms with van der Waals surface area (Å²) >= 11 is 0.936. The van der Waals surface area contributed by atoms with Crippen LogP contribution in [0.1, 0.15) is 32.5 Å². The molecule has 0 aliphatic heterocycles. The van der Waals surface area contributed by atoms with Crippen LogP contribution in [0, 0.1) is 0 Å². The predicted octanol–water partition coefficient (Wildman–Crippen LogP) is 1.28. The van der Waals surface area contributed by atoms with E-state index in [1.807, 2.05) is 0 Å². The summed E-state index contributed by atoms with van der Waals surface area (Å²) in [6.45, 7) is -0.460. The minimum absolute atomic E-state index is 0.0141. The Balaban J connectivity index is 1.82. The monoisotopic (exact) mass is 488 g/mol. The summed E-state index contributed by atoms with van der Waals surface area (Å²) in [6.07, 6.45) is -3.57. The summed E-state index contributed by atoms with van der Waals surface area (Å²) in [4.78, 5) is 31.1. The smallest absolute Gasteiger partial charge is 0.354 e. The van der Waals surface area contributed by atoms with E-state index in [1.165, 1.54) is 7.05 Å². The van der Waals surface area contributed by atoms with Gasteiger partial charge in [-0.3, -0.25) is 19.6 Å². The molecule has 0 bridgehead atoms. The van der Waals surface area contributed by atoms with E-state index < -0.39 is 29.7 Å². The number of hydrazone groups is 1. The molecule has 0 fully saturated rings. The minimum atomic E-state index is -4.51. The molecular formula is C18H20F4N8O2S. The van der Waals surface area contributed by atoms with Crippen molar-refractivity contribution in [2.45, 2.75) is 31.7 Å². The van der Waals surface area contributed by atoms with Crippen molar-refractivity contribution in [3.05, 3.63) is 39.6 Å². The molecule has 2 heterocycles. The van der Waals surface area contributed by atoms with Gasteiger partial charge in [-0.05, 0) is 18.6 Å². The fraction of sp³-hybridized carbons (Fsp3) is 0.389. The summed E-state index contributed by atoms with van der Waals surface area (Å²) in [5.41, 5.74) is -0.988. The molecule has 2 aromatic heterocycles. The Morgan fingerprint density at radius 3 is 2.76 bits per heavy atom. The third-order valence-corrected chi connectivity index (χ3v) is 5.00. The van der Waals surface area contributed by atoms with Gasteiger partial charge in [0.15, 0.2) is 5.71 Å². The minimum Gasteiger partial charge on any atom is -0.354 e. The molecule has 0 saturated heterocycles. The number of aryl methyl sites for hydroxylation is 1. The molecule has 1 atom stereocenters. The number of hydrogen-bond acceptors (Lipinski definition) is 9. The molecule has 0 radical (unpaired) electrons. The fourth-order valence-electron chi connectivity index (χ4n) is 2.35. The van der Waals surface area contributed by atoms with E-state index in [1.54, 1.807) is 0 Å². The van der Waals surface area contributed by atoms with E-state index in [9.17, 15) is 27.2 Å². The Hall–Kier alpha value is -3.49. The van der Waals surface area contributed by atoms with Gasteiger partial charge in [-0.25, -0.2) is 4.39 Å². The molecule has 0 aromatic carbocycles. The quantitative estimate of drug-likeness (QED) is 0.199. The van der Waals surface area contributed by atoms with Gasteiger partial charge >= 0.3 is 6.18 Å². The van der Waals surface area contributed by atoms with Crippen LogP contribution in [-0.4, -0.2) is 58.7 Å². The number of aliphatic imine (C=N–C) groups is 1. The highest BCUT2D eigenvalue weighted by Crippen LogP contribution is 2.29. The summed E-state index contributed by atoms with van der Waals surface area (Å²) in [7, 11) is 1.39. The maximum absolute atomic E-state index is 14.0. The van der Waals surface area contributed by atoms with Crippen molar-refractivity contribution in [1.29, 1.82) is 0 Å². The highest BCUT2D eigenvalue weighted by Gasteiger charge is 2.30. The summed E-state index contributed by atoms with van der Waals surface area (Å²) < 4.78 is 52.2. The number of carbonyl (C=O) groups excluding carboxylic acids is 2. The van der Waals surface area contributed by atoms with Gasteiger partial charge in [0.05, 0.1) is 30.6 Å². The van der Waals surface area contributed by atoms with E-state index in [2.05, 4.69) is 35.9 Å². The molecule has 0 spiro atoms. The lowest BCUT2D eigenvalue weighted by atomic mass is 10.2. The number of aromatic nitrogens is 3. The summed E-state index contributed by atoms with van der Waals surface area (Å²) in [5.74, 6) is 3.86. The Kier molecular flexibility index (Phi) is 9.32. The number of alkyl halides is 4. The van der Waals surface area contributed by atoms with Crippen molar-refractivity contribution in [1.82, 2.24) is 25.8 Å². The van der Waals surface area contributed by atoms with Crippen LogP contribution in [0.4, 0.5) is 17.6 Å². The van der Waals surface area contributed by atoms with E-state index in [0.717, 1.165) is 35.9 Å². The van der Waals surface area contributed by atoms with Gasteiger partial charge < -0.3 is 16.5 Å². The number of nitrogens with one attached hydrogen (secondary N) is 2. The molecule has 15 heteroatoms. The van der Waals surface area contributed by atoms with Crippen molar-refractivity contribution >= 4 is 35.1 Å². The van der Waals surface area contributed by atoms with Crippen LogP contribution in [0.3, 0.4) is 0 Å². The topological polar surface area (TPSA) is 148 Å². The molecule has 1 unspecified atom stereocenters. The molecule has 2 aromatic rings. The SMILES string of the molecule is CNC(=O)C(C=NCC(F)CCc1nnc(C(=O)NCc2cc(C(F)(F)F)ccn2)s1)=NN. The zero-order valence-corrected chi connectivity index (χ0v) is 18.1. The first-order valence-electron chi connectivity index (χ1n) is 9.40. The highest BCUT2D eigenvalue weighted by molar-refractivity contribution is 7.13. The standard InChI is InChI=1S/C18H20F4N8O2S/c1-24-15(31)13(28-23)9-25-7-11(19)2-3-14-29-30-17(33-14)16(32)27-8-12-6-10(4-5-26-12)18(20,21)22/h4-6,9,11H,2-3,7-8,23H2,1H3,(H,24,31)(H,27,32). The van der Waals surface area contributed by atoms with Gasteiger partial charge in [0, 0.05) is 19.7 Å². The van der Waals surface area contributed by atoms with E-state index in [-0.39, 0.29) is 42.3 Å². The second kappa shape index (κ2) is 11.9. The number of nitrogens with zero attached hydrogens (tertiary/aromatic N) is 5. The lowest BCUT2D eigenvalue weighted by Gasteiger charge is -2.08. The fourth-order valence-corrected chi connectivity index (χ4v) is 3.12. The van der Waals surface area contributed by atoms with Gasteiger partial charge in [0.2, 0.25) is 5.01 Å². The van der Waals surface area contributed by atoms with Crippen molar-refractivity contribution < 1.29 is 27.2 Å². The lowest BCUT2D eigenvalue weighted by molar-refractivity contribution is -0.137. The first-order valence-corrected chi connectivity index (χ1v) is 10.2. The third kappa shape index (κ3) is 8.17. The zero-order valence-electron chi connectivity index (χ0n) is 17.3. The van der Waals surface area contributed by atoms with Gasteiger partial charge in [-0.2, -0.15) is 18.3 Å². The molecule has 2 rings (SSSR count). The Labute approximate surface area is 189 Å². The highest BCUT2D eigenvalue weighted by atomic mass is 32.1. The zero-order chi connectivity index (χ0) is 24.4. The Morgan fingerprint density at radius 1 is 1.33 bits per heavy atom. The average molecular weight is 488 g/mol. The first-order chi connectivity index (χ1) is 15.6. The second-order valence-corrected chi connectivity index (χ2v) is 7.50.